The molecule has 0 fully saturated rings. The Morgan fingerprint density at radius 1 is 1.19 bits per heavy atom. The zero-order chi connectivity index (χ0) is 12.0. The summed E-state index contributed by atoms with van der Waals surface area (Å²) in [4.78, 5) is 0. The van der Waals surface area contributed by atoms with Gasteiger partial charge in [0.25, 0.3) is 0 Å². The first-order valence-corrected chi connectivity index (χ1v) is 4.41. The molecule has 1 unspecified atom stereocenters. The molecule has 0 N–H and O–H groups in total. The molecule has 84 valence electrons. The summed E-state index contributed by atoms with van der Waals surface area (Å²) < 4.78 is 47.3. The van der Waals surface area contributed by atoms with Gasteiger partial charge in [-0.15, -0.1) is 0 Å². The number of rotatable bonds is 0. The van der Waals surface area contributed by atoms with Gasteiger partial charge in [0.05, 0.1) is 11.6 Å². The first kappa shape index (κ1) is 10.9. The summed E-state index contributed by atoms with van der Waals surface area (Å²) >= 11 is 4.84. The van der Waals surface area contributed by atoms with E-state index in [9.17, 15) is 13.2 Å². The number of alkyl halides is 4. The van der Waals surface area contributed by atoms with Crippen LogP contribution in [0.5, 0.6) is 11.5 Å². The molecule has 1 aliphatic heterocycles. The van der Waals surface area contributed by atoms with Gasteiger partial charge in [0.15, 0.2) is 11.5 Å². The van der Waals surface area contributed by atoms with Crippen LogP contribution < -0.4 is 9.47 Å². The van der Waals surface area contributed by atoms with Gasteiger partial charge in [0.1, 0.15) is 0 Å². The third-order valence-electron chi connectivity index (χ3n) is 1.89. The lowest BCUT2D eigenvalue weighted by Gasteiger charge is -2.33. The molecular weight excluding hydrogens is 247 g/mol. The zero-order valence-electron chi connectivity index (χ0n) is 7.51. The van der Waals surface area contributed by atoms with Gasteiger partial charge in [-0.1, -0.05) is 0 Å². The molecule has 0 bridgehead atoms. The van der Waals surface area contributed by atoms with Crippen LogP contribution in [0, 0.1) is 11.3 Å². The maximum absolute atomic E-state index is 13.1. The number of hydrogen-bond donors (Lipinski definition) is 0. The van der Waals surface area contributed by atoms with Crippen molar-refractivity contribution in [1.82, 2.24) is 0 Å². The number of hydrogen-bond acceptors (Lipinski definition) is 3. The van der Waals surface area contributed by atoms with Crippen molar-refractivity contribution in [3.8, 4) is 17.6 Å². The number of nitriles is 1. The smallest absolute Gasteiger partial charge is 0.434 e. The minimum absolute atomic E-state index is 0.111. The Kier molecular flexibility index (Phi) is 2.17. The van der Waals surface area contributed by atoms with Crippen molar-refractivity contribution in [1.29, 1.82) is 5.26 Å². The van der Waals surface area contributed by atoms with E-state index in [0.717, 1.165) is 12.1 Å². The molecule has 0 aromatic heterocycles. The molecule has 1 atom stereocenters. The number of benzene rings is 1. The summed E-state index contributed by atoms with van der Waals surface area (Å²) in [6, 6.07) is 5.10. The minimum Gasteiger partial charge on any atom is -0.434 e. The first-order valence-electron chi connectivity index (χ1n) is 4.03. The Labute approximate surface area is 92.9 Å². The van der Waals surface area contributed by atoms with E-state index in [2.05, 4.69) is 9.47 Å². The molecule has 0 amide bonds. The van der Waals surface area contributed by atoms with Crippen molar-refractivity contribution in [3.63, 3.8) is 0 Å². The normalized spacial score (nSPS) is 25.9. The van der Waals surface area contributed by atoms with Gasteiger partial charge in [-0.25, -0.2) is 0 Å². The highest BCUT2D eigenvalue weighted by Gasteiger charge is 2.63. The van der Waals surface area contributed by atoms with Crippen LogP contribution in [0.2, 0.25) is 0 Å². The summed E-state index contributed by atoms with van der Waals surface area (Å²) in [5.74, 6) is -0.722. The van der Waals surface area contributed by atoms with E-state index in [1.54, 1.807) is 6.07 Å². The lowest BCUT2D eigenvalue weighted by atomic mass is 10.2. The monoisotopic (exact) mass is 249 g/mol. The molecule has 0 spiro atoms. The topological polar surface area (TPSA) is 42.2 Å². The van der Waals surface area contributed by atoms with Crippen molar-refractivity contribution in [2.75, 3.05) is 0 Å². The molecular formula is C9H3ClF3NO2. The van der Waals surface area contributed by atoms with Crippen molar-refractivity contribution in [2.24, 2.45) is 0 Å². The van der Waals surface area contributed by atoms with Crippen LogP contribution in [0.4, 0.5) is 13.2 Å². The maximum Gasteiger partial charge on any atom is 0.488 e. The van der Waals surface area contributed by atoms with Crippen LogP contribution in [-0.2, 0) is 0 Å². The number of nitrogens with zero attached hydrogens (tertiary/aromatic N) is 1. The first-order chi connectivity index (χ1) is 7.36. The third-order valence-corrected chi connectivity index (χ3v) is 2.19. The molecule has 0 radical (unpaired) electrons. The summed E-state index contributed by atoms with van der Waals surface area (Å²) in [7, 11) is 0. The Morgan fingerprint density at radius 2 is 1.88 bits per heavy atom. The van der Waals surface area contributed by atoms with E-state index < -0.39 is 11.4 Å². The van der Waals surface area contributed by atoms with Crippen LogP contribution in [0.3, 0.4) is 0 Å². The lowest BCUT2D eigenvalue weighted by Crippen LogP contribution is -2.51. The molecule has 1 aromatic carbocycles. The van der Waals surface area contributed by atoms with Crippen LogP contribution in [0.1, 0.15) is 5.56 Å². The van der Waals surface area contributed by atoms with Gasteiger partial charge < -0.3 is 9.47 Å². The lowest BCUT2D eigenvalue weighted by molar-refractivity contribution is -0.303. The quantitative estimate of drug-likeness (QED) is 0.664. The van der Waals surface area contributed by atoms with E-state index in [-0.39, 0.29) is 17.1 Å². The van der Waals surface area contributed by atoms with Gasteiger partial charge in [0, 0.05) is 6.07 Å². The second-order valence-corrected chi connectivity index (χ2v) is 3.50. The SMILES string of the molecule is N#Cc1ccc2c(c1)OC(F)(Cl)C(F)(F)O2. The summed E-state index contributed by atoms with van der Waals surface area (Å²) in [6.45, 7) is 0. The van der Waals surface area contributed by atoms with E-state index in [1.807, 2.05) is 0 Å². The van der Waals surface area contributed by atoms with Crippen molar-refractivity contribution in [3.05, 3.63) is 23.8 Å². The van der Waals surface area contributed by atoms with Crippen LogP contribution >= 0.6 is 11.6 Å². The van der Waals surface area contributed by atoms with Gasteiger partial charge in [-0.3, -0.25) is 0 Å². The van der Waals surface area contributed by atoms with Gasteiger partial charge in [-0.2, -0.15) is 18.4 Å². The molecule has 7 heteroatoms. The average molecular weight is 250 g/mol. The number of fused-ring (bicyclic) bond motifs is 1. The fraction of sp³-hybridized carbons (Fsp3) is 0.222. The van der Waals surface area contributed by atoms with Crippen molar-refractivity contribution in [2.45, 2.75) is 11.4 Å². The van der Waals surface area contributed by atoms with Crippen LogP contribution in [0.25, 0.3) is 0 Å². The van der Waals surface area contributed by atoms with Gasteiger partial charge >= 0.3 is 11.4 Å². The number of halogens is 4. The molecule has 1 aromatic rings. The van der Waals surface area contributed by atoms with Crippen molar-refractivity contribution < 1.29 is 22.6 Å². The summed E-state index contributed by atoms with van der Waals surface area (Å²) in [6.07, 6.45) is -4.30. The van der Waals surface area contributed by atoms with Gasteiger partial charge in [-0.05, 0) is 23.7 Å². The van der Waals surface area contributed by atoms with E-state index in [4.69, 9.17) is 16.9 Å². The Bertz CT molecular complexity index is 484. The molecule has 3 nitrogen and oxygen atoms in total. The van der Waals surface area contributed by atoms with Crippen LogP contribution in [-0.4, -0.2) is 11.4 Å². The largest absolute Gasteiger partial charge is 0.488 e. The van der Waals surface area contributed by atoms with E-state index >= 15 is 0 Å². The second kappa shape index (κ2) is 3.19. The highest BCUT2D eigenvalue weighted by atomic mass is 35.5. The Balaban J connectivity index is 2.48. The van der Waals surface area contributed by atoms with E-state index in [1.165, 1.54) is 6.07 Å². The summed E-state index contributed by atoms with van der Waals surface area (Å²) in [5, 5.41) is 4.77. The Hall–Kier alpha value is -1.61. The number of ether oxygens (including phenoxy) is 2. The molecule has 0 aliphatic carbocycles. The molecule has 1 heterocycles. The fourth-order valence-electron chi connectivity index (χ4n) is 1.14. The van der Waals surface area contributed by atoms with Gasteiger partial charge in [0.2, 0.25) is 0 Å². The van der Waals surface area contributed by atoms with Crippen molar-refractivity contribution >= 4 is 11.6 Å². The Morgan fingerprint density at radius 3 is 2.50 bits per heavy atom. The predicted octanol–water partition coefficient (Wildman–Crippen LogP) is 2.78. The minimum atomic E-state index is -4.30. The standard InChI is InChI=1S/C9H3ClF3NO2/c10-8(11)9(12,13)16-6-2-1-5(4-14)3-7(6)15-8/h1-3H. The van der Waals surface area contributed by atoms with E-state index in [0.29, 0.717) is 0 Å². The average Bonchev–Trinajstić information content (AvgIpc) is 2.18. The fourth-order valence-corrected chi connectivity index (χ4v) is 1.26. The van der Waals surface area contributed by atoms with Crippen LogP contribution in [0.15, 0.2) is 18.2 Å². The highest BCUT2D eigenvalue weighted by Crippen LogP contribution is 2.48. The molecule has 16 heavy (non-hydrogen) atoms. The predicted molar refractivity (Wildman–Crippen MR) is 47.1 cm³/mol. The highest BCUT2D eigenvalue weighted by molar-refractivity contribution is 6.22. The molecule has 0 saturated carbocycles. The third kappa shape index (κ3) is 1.53. The molecule has 1 aliphatic rings. The molecule has 2 rings (SSSR count). The summed E-state index contributed by atoms with van der Waals surface area (Å²) in [5.41, 5.74) is 0.111. The second-order valence-electron chi connectivity index (χ2n) is 3.01. The maximum atomic E-state index is 13.1. The zero-order valence-corrected chi connectivity index (χ0v) is 8.26. The molecule has 0 saturated heterocycles.